The molecule has 1 fully saturated rings. The van der Waals surface area contributed by atoms with Gasteiger partial charge in [0, 0.05) is 12.1 Å². The molecule has 3 rings (SSSR count). The quantitative estimate of drug-likeness (QED) is 0.535. The summed E-state index contributed by atoms with van der Waals surface area (Å²) in [7, 11) is 1.34. The summed E-state index contributed by atoms with van der Waals surface area (Å²) in [5.74, 6) is -0.180. The van der Waals surface area contributed by atoms with E-state index in [0.717, 1.165) is 11.3 Å². The number of esters is 1. The first-order chi connectivity index (χ1) is 14.4. The number of hydrogen-bond donors (Lipinski definition) is 1. The van der Waals surface area contributed by atoms with Crippen LogP contribution in [0.25, 0.3) is 0 Å². The monoisotopic (exact) mass is 425 g/mol. The Morgan fingerprint density at radius 3 is 2.50 bits per heavy atom. The summed E-state index contributed by atoms with van der Waals surface area (Å²) in [5, 5.41) is 3.82. The maximum atomic E-state index is 12.5. The van der Waals surface area contributed by atoms with Gasteiger partial charge in [0.15, 0.2) is 11.0 Å². The number of amidine groups is 1. The van der Waals surface area contributed by atoms with E-state index >= 15 is 0 Å². The van der Waals surface area contributed by atoms with Crippen molar-refractivity contribution < 1.29 is 19.1 Å². The highest BCUT2D eigenvalue weighted by atomic mass is 32.2. The molecule has 1 aliphatic rings. The Morgan fingerprint density at radius 1 is 1.17 bits per heavy atom. The average molecular weight is 426 g/mol. The molecule has 7 nitrogen and oxygen atoms in total. The van der Waals surface area contributed by atoms with E-state index in [-0.39, 0.29) is 11.7 Å². The van der Waals surface area contributed by atoms with Crippen LogP contribution in [-0.4, -0.2) is 47.1 Å². The molecule has 0 bridgehead atoms. The molecule has 8 heteroatoms. The molecule has 1 N–H and O–H groups in total. The minimum absolute atomic E-state index is 0.0384. The van der Waals surface area contributed by atoms with Crippen molar-refractivity contribution in [1.29, 1.82) is 0 Å². The third-order valence-electron chi connectivity index (χ3n) is 4.56. The Bertz CT molecular complexity index is 1000. The van der Waals surface area contributed by atoms with E-state index in [1.54, 1.807) is 41.3 Å². The lowest BCUT2D eigenvalue weighted by atomic mass is 10.1. The van der Waals surface area contributed by atoms with Gasteiger partial charge < -0.3 is 10.1 Å². The van der Waals surface area contributed by atoms with Crippen LogP contribution in [0.1, 0.15) is 40.1 Å². The first-order valence-corrected chi connectivity index (χ1v) is 10.5. The molecule has 1 aliphatic heterocycles. The second-order valence-corrected chi connectivity index (χ2v) is 7.61. The number of carbonyl (C=O) groups is 3. The van der Waals surface area contributed by atoms with Crippen LogP contribution in [0.15, 0.2) is 47.5 Å². The molecule has 0 spiro atoms. The number of amides is 1. The fourth-order valence-electron chi connectivity index (χ4n) is 2.97. The predicted octanol–water partition coefficient (Wildman–Crippen LogP) is 3.87. The first kappa shape index (κ1) is 21.6. The topological polar surface area (TPSA) is 88.1 Å². The minimum atomic E-state index is -0.405. The number of ketones is 1. The van der Waals surface area contributed by atoms with Gasteiger partial charge in [0.2, 0.25) is 5.91 Å². The van der Waals surface area contributed by atoms with Gasteiger partial charge in [0.25, 0.3) is 0 Å². The molecule has 0 atom stereocenters. The third-order valence-corrected chi connectivity index (χ3v) is 5.52. The summed E-state index contributed by atoms with van der Waals surface area (Å²) in [6.07, 6.45) is 0. The lowest BCUT2D eigenvalue weighted by Crippen LogP contribution is -2.28. The molecule has 2 aromatic rings. The molecule has 0 unspecified atom stereocenters. The lowest BCUT2D eigenvalue weighted by molar-refractivity contribution is -0.124. The summed E-state index contributed by atoms with van der Waals surface area (Å²) in [6, 6.07) is 12.3. The van der Waals surface area contributed by atoms with Crippen molar-refractivity contribution in [2.24, 2.45) is 4.99 Å². The van der Waals surface area contributed by atoms with Crippen molar-refractivity contribution in [3.05, 3.63) is 59.2 Å². The SMILES string of the molecule is CCNc1ccc(C(C)=O)cc1/N=C1/SCC(=O)N1Cc1ccc(C(=O)OC)cc1. The number of nitrogens with one attached hydrogen (secondary N) is 1. The van der Waals surface area contributed by atoms with Crippen LogP contribution in [-0.2, 0) is 16.1 Å². The van der Waals surface area contributed by atoms with E-state index < -0.39 is 5.97 Å². The number of carbonyl (C=O) groups excluding carboxylic acids is 3. The number of hydrogen-bond acceptors (Lipinski definition) is 7. The van der Waals surface area contributed by atoms with Crippen molar-refractivity contribution in [2.45, 2.75) is 20.4 Å². The highest BCUT2D eigenvalue weighted by Crippen LogP contribution is 2.31. The standard InChI is InChI=1S/C22H23N3O4S/c1-4-23-18-10-9-17(14(2)26)11-19(18)24-22-25(20(27)13-30-22)12-15-5-7-16(8-6-15)21(28)29-3/h5-11,23H,4,12-13H2,1-3H3/b24-22+. The van der Waals surface area contributed by atoms with Gasteiger partial charge in [0.05, 0.1) is 36.3 Å². The van der Waals surface area contributed by atoms with E-state index in [1.807, 2.05) is 13.0 Å². The summed E-state index contributed by atoms with van der Waals surface area (Å²) in [4.78, 5) is 42.2. The zero-order chi connectivity index (χ0) is 21.7. The number of benzene rings is 2. The molecule has 0 aromatic heterocycles. The number of Topliss-reactive ketones (excluding diaryl/α,β-unsaturated/α-hetero) is 1. The average Bonchev–Trinajstić information content (AvgIpc) is 3.08. The largest absolute Gasteiger partial charge is 0.465 e. The van der Waals surface area contributed by atoms with E-state index in [9.17, 15) is 14.4 Å². The van der Waals surface area contributed by atoms with E-state index in [4.69, 9.17) is 9.73 Å². The Morgan fingerprint density at radius 2 is 1.87 bits per heavy atom. The molecular formula is C22H23N3O4S. The van der Waals surface area contributed by atoms with Crippen LogP contribution in [0.2, 0.25) is 0 Å². The number of anilines is 1. The number of aliphatic imine (C=N–C) groups is 1. The van der Waals surface area contributed by atoms with Gasteiger partial charge in [-0.3, -0.25) is 14.5 Å². The molecule has 0 saturated carbocycles. The highest BCUT2D eigenvalue weighted by molar-refractivity contribution is 8.15. The fourth-order valence-corrected chi connectivity index (χ4v) is 3.86. The van der Waals surface area contributed by atoms with Crippen molar-refractivity contribution in [3.63, 3.8) is 0 Å². The van der Waals surface area contributed by atoms with Gasteiger partial charge in [0.1, 0.15) is 0 Å². The summed E-state index contributed by atoms with van der Waals surface area (Å²) in [5.41, 5.74) is 3.31. The summed E-state index contributed by atoms with van der Waals surface area (Å²) >= 11 is 1.36. The van der Waals surface area contributed by atoms with Crippen LogP contribution in [0.5, 0.6) is 0 Å². The molecule has 30 heavy (non-hydrogen) atoms. The second-order valence-electron chi connectivity index (χ2n) is 6.67. The minimum Gasteiger partial charge on any atom is -0.465 e. The fraction of sp³-hybridized carbons (Fsp3) is 0.273. The molecule has 156 valence electrons. The molecule has 1 saturated heterocycles. The van der Waals surface area contributed by atoms with E-state index in [0.29, 0.717) is 40.8 Å². The van der Waals surface area contributed by atoms with Gasteiger partial charge in [-0.25, -0.2) is 9.79 Å². The van der Waals surface area contributed by atoms with Gasteiger partial charge in [-0.15, -0.1) is 0 Å². The van der Waals surface area contributed by atoms with Crippen LogP contribution in [0.4, 0.5) is 11.4 Å². The normalized spacial score (nSPS) is 14.8. The van der Waals surface area contributed by atoms with Crippen molar-refractivity contribution in [1.82, 2.24) is 4.90 Å². The van der Waals surface area contributed by atoms with Gasteiger partial charge >= 0.3 is 5.97 Å². The number of nitrogens with zero attached hydrogens (tertiary/aromatic N) is 2. The predicted molar refractivity (Wildman–Crippen MR) is 118 cm³/mol. The maximum absolute atomic E-state index is 12.5. The second kappa shape index (κ2) is 9.58. The molecule has 0 aliphatic carbocycles. The van der Waals surface area contributed by atoms with Crippen molar-refractivity contribution in [2.75, 3.05) is 24.7 Å². The van der Waals surface area contributed by atoms with Crippen LogP contribution in [0, 0.1) is 0 Å². The Hall–Kier alpha value is -3.13. The van der Waals surface area contributed by atoms with Gasteiger partial charge in [-0.1, -0.05) is 23.9 Å². The van der Waals surface area contributed by atoms with E-state index in [1.165, 1.54) is 25.8 Å². The van der Waals surface area contributed by atoms with Crippen LogP contribution in [0.3, 0.4) is 0 Å². The van der Waals surface area contributed by atoms with E-state index in [2.05, 4.69) is 5.32 Å². The zero-order valence-corrected chi connectivity index (χ0v) is 17.9. The molecule has 1 amide bonds. The summed E-state index contributed by atoms with van der Waals surface area (Å²) in [6.45, 7) is 4.54. The zero-order valence-electron chi connectivity index (χ0n) is 17.1. The smallest absolute Gasteiger partial charge is 0.337 e. The Kier molecular flexibility index (Phi) is 6.89. The van der Waals surface area contributed by atoms with Crippen molar-refractivity contribution >= 4 is 46.0 Å². The lowest BCUT2D eigenvalue weighted by Gasteiger charge is -2.17. The first-order valence-electron chi connectivity index (χ1n) is 9.51. The van der Waals surface area contributed by atoms with Crippen LogP contribution >= 0.6 is 11.8 Å². The molecule has 0 radical (unpaired) electrons. The molecule has 1 heterocycles. The number of thioether (sulfide) groups is 1. The Labute approximate surface area is 179 Å². The van der Waals surface area contributed by atoms with Crippen LogP contribution < -0.4 is 5.32 Å². The maximum Gasteiger partial charge on any atom is 0.337 e. The molecule has 2 aromatic carbocycles. The number of rotatable bonds is 7. The third kappa shape index (κ3) is 4.88. The number of ether oxygens (including phenoxy) is 1. The van der Waals surface area contributed by atoms with Crippen molar-refractivity contribution in [3.8, 4) is 0 Å². The summed E-state index contributed by atoms with van der Waals surface area (Å²) < 4.78 is 4.71. The highest BCUT2D eigenvalue weighted by Gasteiger charge is 2.28. The van der Waals surface area contributed by atoms with Gasteiger partial charge in [-0.2, -0.15) is 0 Å². The molecular weight excluding hydrogens is 402 g/mol. The number of methoxy groups -OCH3 is 1. The van der Waals surface area contributed by atoms with Gasteiger partial charge in [-0.05, 0) is 49.7 Å². The Balaban J connectivity index is 1.89.